The number of amides is 1. The van der Waals surface area contributed by atoms with Gasteiger partial charge in [0.25, 0.3) is 0 Å². The first-order valence-corrected chi connectivity index (χ1v) is 6.06. The lowest BCUT2D eigenvalue weighted by Crippen LogP contribution is -2.46. The van der Waals surface area contributed by atoms with E-state index in [0.29, 0.717) is 5.92 Å². The molecule has 1 amide bonds. The fraction of sp³-hybridized carbons (Fsp3) is 0.917. The molecule has 96 valence electrons. The van der Waals surface area contributed by atoms with Crippen LogP contribution in [0.1, 0.15) is 34.1 Å². The Morgan fingerprint density at radius 1 is 1.31 bits per heavy atom. The van der Waals surface area contributed by atoms with Gasteiger partial charge < -0.3 is 16.0 Å². The number of primary amides is 1. The first-order chi connectivity index (χ1) is 7.32. The highest BCUT2D eigenvalue weighted by atomic mass is 16.1. The van der Waals surface area contributed by atoms with Crippen LogP contribution in [0.2, 0.25) is 0 Å². The van der Waals surface area contributed by atoms with Crippen LogP contribution < -0.4 is 11.1 Å². The molecule has 0 aromatic heterocycles. The van der Waals surface area contributed by atoms with Gasteiger partial charge in [0.2, 0.25) is 5.91 Å². The van der Waals surface area contributed by atoms with E-state index in [1.54, 1.807) is 0 Å². The number of nitrogens with one attached hydrogen (secondary N) is 1. The Bertz CT molecular complexity index is 204. The van der Waals surface area contributed by atoms with E-state index in [0.717, 1.165) is 19.5 Å². The van der Waals surface area contributed by atoms with Crippen molar-refractivity contribution in [1.82, 2.24) is 10.2 Å². The molecule has 0 aromatic rings. The van der Waals surface area contributed by atoms with E-state index in [1.807, 2.05) is 13.8 Å². The molecule has 1 unspecified atom stereocenters. The Morgan fingerprint density at radius 3 is 2.25 bits per heavy atom. The topological polar surface area (TPSA) is 58.4 Å². The zero-order valence-corrected chi connectivity index (χ0v) is 11.3. The Labute approximate surface area is 99.6 Å². The van der Waals surface area contributed by atoms with Gasteiger partial charge in [-0.2, -0.15) is 0 Å². The van der Waals surface area contributed by atoms with Crippen molar-refractivity contribution in [2.24, 2.45) is 11.7 Å². The van der Waals surface area contributed by atoms with Crippen LogP contribution in [0.4, 0.5) is 0 Å². The summed E-state index contributed by atoms with van der Waals surface area (Å²) in [6, 6.07) is 0.0718. The maximum Gasteiger partial charge on any atom is 0.234 e. The molecule has 0 spiro atoms. The second kappa shape index (κ2) is 7.63. The summed E-state index contributed by atoms with van der Waals surface area (Å²) in [4.78, 5) is 13.4. The highest BCUT2D eigenvalue weighted by molar-refractivity contribution is 5.79. The SMILES string of the molecule is CC(C)CN(C)CCC(NC(C)C)C(N)=O. The largest absolute Gasteiger partial charge is 0.368 e. The van der Waals surface area contributed by atoms with Crippen molar-refractivity contribution in [2.45, 2.75) is 46.2 Å². The highest BCUT2D eigenvalue weighted by Crippen LogP contribution is 2.00. The summed E-state index contributed by atoms with van der Waals surface area (Å²) in [5, 5.41) is 3.19. The molecule has 0 aromatic carbocycles. The van der Waals surface area contributed by atoms with E-state index < -0.39 is 0 Å². The number of carbonyl (C=O) groups is 1. The summed E-state index contributed by atoms with van der Waals surface area (Å²) in [5.41, 5.74) is 5.35. The minimum absolute atomic E-state index is 0.213. The normalized spacial score (nSPS) is 13.8. The van der Waals surface area contributed by atoms with Gasteiger partial charge in [0.1, 0.15) is 0 Å². The van der Waals surface area contributed by atoms with Gasteiger partial charge in [-0.25, -0.2) is 0 Å². The van der Waals surface area contributed by atoms with Crippen molar-refractivity contribution in [1.29, 1.82) is 0 Å². The number of hydrogen-bond acceptors (Lipinski definition) is 3. The molecule has 4 nitrogen and oxygen atoms in total. The van der Waals surface area contributed by atoms with Gasteiger partial charge in [0.15, 0.2) is 0 Å². The second-order valence-electron chi connectivity index (χ2n) is 5.22. The van der Waals surface area contributed by atoms with Crippen LogP contribution in [0.3, 0.4) is 0 Å². The van der Waals surface area contributed by atoms with Crippen molar-refractivity contribution in [3.63, 3.8) is 0 Å². The second-order valence-corrected chi connectivity index (χ2v) is 5.22. The van der Waals surface area contributed by atoms with Crippen molar-refractivity contribution >= 4 is 5.91 Å². The zero-order valence-electron chi connectivity index (χ0n) is 11.3. The fourth-order valence-corrected chi connectivity index (χ4v) is 1.77. The van der Waals surface area contributed by atoms with Gasteiger partial charge >= 0.3 is 0 Å². The Kier molecular flexibility index (Phi) is 7.34. The van der Waals surface area contributed by atoms with Crippen LogP contribution in [-0.2, 0) is 4.79 Å². The van der Waals surface area contributed by atoms with E-state index in [4.69, 9.17) is 5.73 Å². The number of hydrogen-bond donors (Lipinski definition) is 2. The van der Waals surface area contributed by atoms with Crippen LogP contribution in [-0.4, -0.2) is 43.0 Å². The molecular weight excluding hydrogens is 202 g/mol. The van der Waals surface area contributed by atoms with Crippen LogP contribution >= 0.6 is 0 Å². The monoisotopic (exact) mass is 229 g/mol. The van der Waals surface area contributed by atoms with Crippen LogP contribution in [0.5, 0.6) is 0 Å². The Balaban J connectivity index is 3.97. The summed E-state index contributed by atoms with van der Waals surface area (Å²) in [6.45, 7) is 10.4. The molecule has 0 saturated carbocycles. The van der Waals surface area contributed by atoms with Crippen molar-refractivity contribution < 1.29 is 4.79 Å². The lowest BCUT2D eigenvalue weighted by molar-refractivity contribution is -0.120. The van der Waals surface area contributed by atoms with E-state index in [2.05, 4.69) is 31.1 Å². The highest BCUT2D eigenvalue weighted by Gasteiger charge is 2.16. The standard InChI is InChI=1S/C12H27N3O/c1-9(2)8-15(5)7-6-11(12(13)16)14-10(3)4/h9-11,14H,6-8H2,1-5H3,(H2,13,16). The summed E-state index contributed by atoms with van der Waals surface area (Å²) in [7, 11) is 2.08. The summed E-state index contributed by atoms with van der Waals surface area (Å²) < 4.78 is 0. The van der Waals surface area contributed by atoms with Crippen LogP contribution in [0, 0.1) is 5.92 Å². The molecule has 0 heterocycles. The molecular formula is C12H27N3O. The third-order valence-electron chi connectivity index (χ3n) is 2.35. The molecule has 16 heavy (non-hydrogen) atoms. The molecule has 1 atom stereocenters. The molecule has 4 heteroatoms. The average molecular weight is 229 g/mol. The quantitative estimate of drug-likeness (QED) is 0.648. The minimum atomic E-state index is -0.258. The molecule has 3 N–H and O–H groups in total. The first kappa shape index (κ1) is 15.4. The summed E-state index contributed by atoms with van der Waals surface area (Å²) >= 11 is 0. The first-order valence-electron chi connectivity index (χ1n) is 6.06. The Hall–Kier alpha value is -0.610. The van der Waals surface area contributed by atoms with E-state index in [-0.39, 0.29) is 18.0 Å². The molecule has 0 rings (SSSR count). The lowest BCUT2D eigenvalue weighted by atomic mass is 10.1. The Morgan fingerprint density at radius 2 is 1.88 bits per heavy atom. The fourth-order valence-electron chi connectivity index (χ4n) is 1.77. The van der Waals surface area contributed by atoms with Crippen molar-refractivity contribution in [3.8, 4) is 0 Å². The van der Waals surface area contributed by atoms with E-state index in [1.165, 1.54) is 0 Å². The lowest BCUT2D eigenvalue weighted by Gasteiger charge is -2.23. The zero-order chi connectivity index (χ0) is 12.7. The van der Waals surface area contributed by atoms with E-state index >= 15 is 0 Å². The maximum atomic E-state index is 11.2. The van der Waals surface area contributed by atoms with Gasteiger partial charge in [0.05, 0.1) is 6.04 Å². The minimum Gasteiger partial charge on any atom is -0.368 e. The van der Waals surface area contributed by atoms with Crippen molar-refractivity contribution in [2.75, 3.05) is 20.1 Å². The molecule has 0 fully saturated rings. The van der Waals surface area contributed by atoms with Gasteiger partial charge in [-0.1, -0.05) is 27.7 Å². The van der Waals surface area contributed by atoms with Gasteiger partial charge in [-0.15, -0.1) is 0 Å². The van der Waals surface area contributed by atoms with Crippen LogP contribution in [0.25, 0.3) is 0 Å². The molecule has 0 saturated heterocycles. The molecule has 0 radical (unpaired) electrons. The predicted octanol–water partition coefficient (Wildman–Crippen LogP) is 0.816. The number of nitrogens with zero attached hydrogens (tertiary/aromatic N) is 1. The molecule has 0 aliphatic heterocycles. The van der Waals surface area contributed by atoms with Gasteiger partial charge in [-0.05, 0) is 25.9 Å². The van der Waals surface area contributed by atoms with Crippen molar-refractivity contribution in [3.05, 3.63) is 0 Å². The van der Waals surface area contributed by atoms with Crippen LogP contribution in [0.15, 0.2) is 0 Å². The third kappa shape index (κ3) is 7.65. The van der Waals surface area contributed by atoms with Gasteiger partial charge in [0, 0.05) is 12.6 Å². The number of nitrogens with two attached hydrogens (primary N) is 1. The number of carbonyl (C=O) groups excluding carboxylic acids is 1. The van der Waals surface area contributed by atoms with Gasteiger partial charge in [-0.3, -0.25) is 4.79 Å². The maximum absolute atomic E-state index is 11.2. The smallest absolute Gasteiger partial charge is 0.234 e. The average Bonchev–Trinajstić information content (AvgIpc) is 2.09. The molecule has 0 aliphatic carbocycles. The molecule has 0 bridgehead atoms. The number of rotatable bonds is 8. The van der Waals surface area contributed by atoms with E-state index in [9.17, 15) is 4.79 Å². The summed E-state index contributed by atoms with van der Waals surface area (Å²) in [6.07, 6.45) is 0.775. The summed E-state index contributed by atoms with van der Waals surface area (Å²) in [5.74, 6) is 0.390. The third-order valence-corrected chi connectivity index (χ3v) is 2.35. The predicted molar refractivity (Wildman–Crippen MR) is 68.2 cm³/mol. The molecule has 0 aliphatic rings.